The summed E-state index contributed by atoms with van der Waals surface area (Å²) in [5, 5.41) is 6.02. The zero-order valence-corrected chi connectivity index (χ0v) is 17.6. The lowest BCUT2D eigenvalue weighted by Crippen LogP contribution is -2.48. The molecule has 1 fully saturated rings. The maximum absolute atomic E-state index is 13.1. The molecule has 0 spiro atoms. The zero-order valence-electron chi connectivity index (χ0n) is 16.8. The molecule has 4 rings (SSSR count). The highest BCUT2D eigenvalue weighted by Crippen LogP contribution is 2.23. The fraction of sp³-hybridized carbons (Fsp3) is 0.429. The van der Waals surface area contributed by atoms with Crippen LogP contribution in [0.1, 0.15) is 25.6 Å². The number of rotatable bonds is 6. The van der Waals surface area contributed by atoms with E-state index in [4.69, 9.17) is 4.52 Å². The normalized spacial score (nSPS) is 16.7. The molecule has 0 radical (unpaired) electrons. The highest BCUT2D eigenvalue weighted by atomic mass is 32.2. The van der Waals surface area contributed by atoms with Gasteiger partial charge in [-0.15, -0.1) is 0 Å². The van der Waals surface area contributed by atoms with Crippen molar-refractivity contribution < 1.29 is 12.9 Å². The topological polar surface area (TPSA) is 79.5 Å². The summed E-state index contributed by atoms with van der Waals surface area (Å²) in [6.07, 6.45) is 0.769. The minimum atomic E-state index is -3.50. The van der Waals surface area contributed by atoms with Crippen molar-refractivity contribution in [2.45, 2.75) is 31.7 Å². The summed E-state index contributed by atoms with van der Waals surface area (Å²) < 4.78 is 33.0. The van der Waals surface area contributed by atoms with Crippen molar-refractivity contribution in [3.63, 3.8) is 0 Å². The number of sulfonamides is 1. The van der Waals surface area contributed by atoms with Crippen molar-refractivity contribution in [1.82, 2.24) is 19.3 Å². The third-order valence-corrected chi connectivity index (χ3v) is 7.04. The average molecular weight is 415 g/mol. The Morgan fingerprint density at radius 2 is 1.76 bits per heavy atom. The van der Waals surface area contributed by atoms with Crippen LogP contribution in [0.3, 0.4) is 0 Å². The third kappa shape index (κ3) is 4.49. The van der Waals surface area contributed by atoms with E-state index in [2.05, 4.69) is 28.9 Å². The second kappa shape index (κ2) is 8.22. The Morgan fingerprint density at radius 3 is 2.48 bits per heavy atom. The Balaban J connectivity index is 1.39. The van der Waals surface area contributed by atoms with Gasteiger partial charge in [0.15, 0.2) is 5.82 Å². The number of hydrogen-bond donors (Lipinski definition) is 0. The van der Waals surface area contributed by atoms with Crippen molar-refractivity contribution >= 4 is 20.8 Å². The summed E-state index contributed by atoms with van der Waals surface area (Å²) >= 11 is 0. The van der Waals surface area contributed by atoms with E-state index in [0.29, 0.717) is 55.3 Å². The molecule has 3 aromatic rings. The molecular weight excluding hydrogens is 388 g/mol. The molecule has 1 aromatic heterocycles. The molecule has 0 N–H and O–H groups in total. The number of piperazine rings is 1. The van der Waals surface area contributed by atoms with Gasteiger partial charge in [-0.2, -0.15) is 9.29 Å². The minimum Gasteiger partial charge on any atom is -0.339 e. The standard InChI is InChI=1S/C21H26N4O3S/c1-16(2)13-21-22-20(23-28-21)15-24-9-11-25(12-10-24)29(26,27)19-8-7-17-5-3-4-6-18(17)14-19/h3-8,14,16H,9-13,15H2,1-2H3. The lowest BCUT2D eigenvalue weighted by atomic mass is 10.1. The van der Waals surface area contributed by atoms with Gasteiger partial charge < -0.3 is 4.52 Å². The molecule has 0 saturated carbocycles. The van der Waals surface area contributed by atoms with Crippen LogP contribution in [0.15, 0.2) is 51.9 Å². The lowest BCUT2D eigenvalue weighted by Gasteiger charge is -2.33. The Morgan fingerprint density at radius 1 is 1.03 bits per heavy atom. The van der Waals surface area contributed by atoms with Crippen LogP contribution in [-0.4, -0.2) is 53.9 Å². The van der Waals surface area contributed by atoms with Gasteiger partial charge in [0.2, 0.25) is 15.9 Å². The molecule has 0 unspecified atom stereocenters. The smallest absolute Gasteiger partial charge is 0.243 e. The largest absolute Gasteiger partial charge is 0.339 e. The third-order valence-electron chi connectivity index (χ3n) is 5.15. The number of benzene rings is 2. The van der Waals surface area contributed by atoms with Gasteiger partial charge in [-0.3, -0.25) is 4.90 Å². The van der Waals surface area contributed by atoms with Crippen LogP contribution >= 0.6 is 0 Å². The van der Waals surface area contributed by atoms with E-state index in [0.717, 1.165) is 17.2 Å². The van der Waals surface area contributed by atoms with Crippen LogP contribution < -0.4 is 0 Å². The van der Waals surface area contributed by atoms with Crippen LogP contribution in [-0.2, 0) is 23.0 Å². The van der Waals surface area contributed by atoms with Gasteiger partial charge in [0.05, 0.1) is 11.4 Å². The van der Waals surface area contributed by atoms with Gasteiger partial charge in [0.1, 0.15) is 0 Å². The van der Waals surface area contributed by atoms with Crippen LogP contribution in [0, 0.1) is 5.92 Å². The molecule has 0 amide bonds. The number of aromatic nitrogens is 2. The van der Waals surface area contributed by atoms with Crippen molar-refractivity contribution in [2.75, 3.05) is 26.2 Å². The van der Waals surface area contributed by atoms with Crippen LogP contribution in [0.5, 0.6) is 0 Å². The quantitative estimate of drug-likeness (QED) is 0.617. The molecule has 0 bridgehead atoms. The van der Waals surface area contributed by atoms with E-state index >= 15 is 0 Å². The first-order chi connectivity index (χ1) is 13.9. The van der Waals surface area contributed by atoms with Gasteiger partial charge in [0, 0.05) is 32.6 Å². The maximum atomic E-state index is 13.1. The maximum Gasteiger partial charge on any atom is 0.243 e. The Kier molecular flexibility index (Phi) is 5.67. The van der Waals surface area contributed by atoms with Crippen LogP contribution in [0.2, 0.25) is 0 Å². The lowest BCUT2D eigenvalue weighted by molar-refractivity contribution is 0.176. The van der Waals surface area contributed by atoms with Gasteiger partial charge in [0.25, 0.3) is 0 Å². The SMILES string of the molecule is CC(C)Cc1nc(CN2CCN(S(=O)(=O)c3ccc4ccccc4c3)CC2)no1. The summed E-state index contributed by atoms with van der Waals surface area (Å²) in [5.41, 5.74) is 0. The number of hydrogen-bond acceptors (Lipinski definition) is 6. The van der Waals surface area contributed by atoms with Crippen molar-refractivity contribution in [3.05, 3.63) is 54.2 Å². The van der Waals surface area contributed by atoms with E-state index in [1.165, 1.54) is 0 Å². The van der Waals surface area contributed by atoms with E-state index in [9.17, 15) is 8.42 Å². The molecule has 29 heavy (non-hydrogen) atoms. The Hall–Kier alpha value is -2.29. The first-order valence-corrected chi connectivity index (χ1v) is 11.4. The molecular formula is C21H26N4O3S. The molecule has 2 heterocycles. The summed E-state index contributed by atoms with van der Waals surface area (Å²) in [4.78, 5) is 6.95. The second-order valence-corrected chi connectivity index (χ2v) is 9.83. The summed E-state index contributed by atoms with van der Waals surface area (Å²) in [5.74, 6) is 1.78. The molecule has 8 heteroatoms. The zero-order chi connectivity index (χ0) is 20.4. The van der Waals surface area contributed by atoms with Crippen molar-refractivity contribution in [1.29, 1.82) is 0 Å². The predicted octanol–water partition coefficient (Wildman–Crippen LogP) is 2.93. The molecule has 0 aliphatic carbocycles. The van der Waals surface area contributed by atoms with Gasteiger partial charge in [-0.25, -0.2) is 8.42 Å². The summed E-state index contributed by atoms with van der Waals surface area (Å²) in [6, 6.07) is 13.1. The average Bonchev–Trinajstić information content (AvgIpc) is 3.14. The number of fused-ring (bicyclic) bond motifs is 1. The van der Waals surface area contributed by atoms with E-state index in [1.807, 2.05) is 30.3 Å². The molecule has 154 valence electrons. The minimum absolute atomic E-state index is 0.348. The molecule has 7 nitrogen and oxygen atoms in total. The molecule has 0 atom stereocenters. The fourth-order valence-electron chi connectivity index (χ4n) is 3.59. The molecule has 1 saturated heterocycles. The van der Waals surface area contributed by atoms with Crippen molar-refractivity contribution in [3.8, 4) is 0 Å². The highest BCUT2D eigenvalue weighted by molar-refractivity contribution is 7.89. The van der Waals surface area contributed by atoms with E-state index in [1.54, 1.807) is 16.4 Å². The van der Waals surface area contributed by atoms with Crippen molar-refractivity contribution in [2.24, 2.45) is 5.92 Å². The summed E-state index contributed by atoms with van der Waals surface area (Å²) in [6.45, 7) is 6.98. The second-order valence-electron chi connectivity index (χ2n) is 7.89. The number of nitrogens with zero attached hydrogens (tertiary/aromatic N) is 4. The fourth-order valence-corrected chi connectivity index (χ4v) is 5.05. The van der Waals surface area contributed by atoms with Gasteiger partial charge in [-0.05, 0) is 28.8 Å². The van der Waals surface area contributed by atoms with Crippen LogP contribution in [0.25, 0.3) is 10.8 Å². The van der Waals surface area contributed by atoms with Gasteiger partial charge in [-0.1, -0.05) is 49.3 Å². The predicted molar refractivity (Wildman–Crippen MR) is 111 cm³/mol. The van der Waals surface area contributed by atoms with Gasteiger partial charge >= 0.3 is 0 Å². The first kappa shape index (κ1) is 20.0. The monoisotopic (exact) mass is 414 g/mol. The van der Waals surface area contributed by atoms with Crippen LogP contribution in [0.4, 0.5) is 0 Å². The van der Waals surface area contributed by atoms with E-state index in [-0.39, 0.29) is 0 Å². The first-order valence-electron chi connectivity index (χ1n) is 9.94. The molecule has 1 aliphatic rings. The Labute approximate surface area is 171 Å². The van der Waals surface area contributed by atoms with E-state index < -0.39 is 10.0 Å². The molecule has 1 aliphatic heterocycles. The highest BCUT2D eigenvalue weighted by Gasteiger charge is 2.29. The summed E-state index contributed by atoms with van der Waals surface area (Å²) in [7, 11) is -3.50. The molecule has 2 aromatic carbocycles. The Bertz CT molecular complexity index is 1090.